The van der Waals surface area contributed by atoms with E-state index in [9.17, 15) is 8.42 Å². The first-order valence-corrected chi connectivity index (χ1v) is 8.61. The quantitative estimate of drug-likeness (QED) is 0.885. The van der Waals surface area contributed by atoms with Crippen LogP contribution in [-0.2, 0) is 35.7 Å². The molecule has 0 unspecified atom stereocenters. The molecule has 0 radical (unpaired) electrons. The highest BCUT2D eigenvalue weighted by atomic mass is 35.5. The third-order valence-electron chi connectivity index (χ3n) is 3.52. The van der Waals surface area contributed by atoms with Gasteiger partial charge in [0, 0.05) is 24.1 Å². The number of aromatic nitrogens is 3. The minimum Gasteiger partial charge on any atom is -0.493 e. The van der Waals surface area contributed by atoms with Crippen LogP contribution >= 0.6 is 11.6 Å². The Labute approximate surface area is 132 Å². The van der Waals surface area contributed by atoms with E-state index in [1.165, 1.54) is 11.6 Å². The molecule has 0 bridgehead atoms. The summed E-state index contributed by atoms with van der Waals surface area (Å²) in [4.78, 5) is 0. The second kappa shape index (κ2) is 5.53. The highest BCUT2D eigenvalue weighted by molar-refractivity contribution is 7.90. The van der Waals surface area contributed by atoms with Crippen LogP contribution in [0.2, 0.25) is 5.02 Å². The fraction of sp³-hybridized carbons (Fsp3) is 0.385. The molecule has 118 valence electrons. The van der Waals surface area contributed by atoms with Gasteiger partial charge in [0.1, 0.15) is 12.4 Å². The maximum atomic E-state index is 12.6. The van der Waals surface area contributed by atoms with Gasteiger partial charge in [0.05, 0.1) is 12.4 Å². The Morgan fingerprint density at radius 1 is 1.41 bits per heavy atom. The van der Waals surface area contributed by atoms with Crippen molar-refractivity contribution >= 4 is 21.4 Å². The Kier molecular flexibility index (Phi) is 3.84. The first kappa shape index (κ1) is 15.3. The molecule has 2 heterocycles. The zero-order valence-electron chi connectivity index (χ0n) is 11.8. The zero-order valence-corrected chi connectivity index (χ0v) is 13.4. The van der Waals surface area contributed by atoms with Gasteiger partial charge in [0.15, 0.2) is 5.82 Å². The number of hydrogen-bond acceptors (Lipinski definition) is 6. The molecule has 1 aromatic heterocycles. The molecule has 7 nitrogen and oxygen atoms in total. The molecule has 3 rings (SSSR count). The van der Waals surface area contributed by atoms with Gasteiger partial charge in [-0.15, -0.1) is 10.2 Å². The Morgan fingerprint density at radius 2 is 2.18 bits per heavy atom. The van der Waals surface area contributed by atoms with E-state index in [0.717, 1.165) is 5.56 Å². The number of hydrogen-bond donors (Lipinski definition) is 1. The van der Waals surface area contributed by atoms with Crippen molar-refractivity contribution in [2.24, 2.45) is 7.05 Å². The fourth-order valence-corrected chi connectivity index (χ4v) is 4.18. The maximum absolute atomic E-state index is 12.6. The largest absolute Gasteiger partial charge is 0.493 e. The smallest absolute Gasteiger partial charge is 0.249 e. The Bertz CT molecular complexity index is 832. The number of fused-ring (bicyclic) bond motifs is 1. The van der Waals surface area contributed by atoms with Crippen molar-refractivity contribution in [3.8, 4) is 5.75 Å². The minimum atomic E-state index is -3.73. The lowest BCUT2D eigenvalue weighted by Crippen LogP contribution is -2.13. The topological polar surface area (TPSA) is 94.3 Å². The Balaban J connectivity index is 2.00. The van der Waals surface area contributed by atoms with Gasteiger partial charge < -0.3 is 14.4 Å². The molecule has 0 saturated carbocycles. The molecule has 22 heavy (non-hydrogen) atoms. The van der Waals surface area contributed by atoms with Gasteiger partial charge in [-0.2, -0.15) is 0 Å². The standard InChI is InChI=1S/C13H14ClN3O4S/c1-17-11(6-18)15-16-13(17)22(19,20)7-9-5-10(14)4-8-2-3-21-12(8)9/h4-5,18H,2-3,6-7H2,1H3. The number of halogens is 1. The minimum absolute atomic E-state index is 0.186. The molecule has 0 amide bonds. The van der Waals surface area contributed by atoms with Crippen LogP contribution in [0.25, 0.3) is 0 Å². The summed E-state index contributed by atoms with van der Waals surface area (Å²) >= 11 is 6.04. The summed E-state index contributed by atoms with van der Waals surface area (Å²) < 4.78 is 31.9. The van der Waals surface area contributed by atoms with E-state index >= 15 is 0 Å². The number of benzene rings is 1. The molecule has 0 spiro atoms. The number of aliphatic hydroxyl groups is 1. The lowest BCUT2D eigenvalue weighted by molar-refractivity contribution is 0.266. The average molecular weight is 344 g/mol. The number of nitrogens with zero attached hydrogens (tertiary/aromatic N) is 3. The van der Waals surface area contributed by atoms with Crippen LogP contribution < -0.4 is 4.74 Å². The predicted octanol–water partition coefficient (Wildman–Crippen LogP) is 0.870. The lowest BCUT2D eigenvalue weighted by Gasteiger charge is -2.09. The number of sulfone groups is 1. The van der Waals surface area contributed by atoms with Crippen LogP contribution in [0.5, 0.6) is 5.75 Å². The monoisotopic (exact) mass is 343 g/mol. The van der Waals surface area contributed by atoms with Gasteiger partial charge in [-0.25, -0.2) is 8.42 Å². The molecule has 1 aromatic carbocycles. The number of ether oxygens (including phenoxy) is 1. The summed E-state index contributed by atoms with van der Waals surface area (Å²) in [7, 11) is -2.23. The summed E-state index contributed by atoms with van der Waals surface area (Å²) in [5.74, 6) is 0.483. The van der Waals surface area contributed by atoms with Gasteiger partial charge in [0.25, 0.3) is 0 Å². The molecule has 0 saturated heterocycles. The molecule has 1 N–H and O–H groups in total. The van der Waals surface area contributed by atoms with E-state index in [-0.39, 0.29) is 23.3 Å². The lowest BCUT2D eigenvalue weighted by atomic mass is 10.1. The van der Waals surface area contributed by atoms with Crippen LogP contribution in [0, 0.1) is 0 Å². The fourth-order valence-electron chi connectivity index (χ4n) is 2.48. The third kappa shape index (κ3) is 2.57. The summed E-state index contributed by atoms with van der Waals surface area (Å²) in [6, 6.07) is 3.37. The Morgan fingerprint density at radius 3 is 2.86 bits per heavy atom. The van der Waals surface area contributed by atoms with Crippen LogP contribution in [0.15, 0.2) is 17.3 Å². The van der Waals surface area contributed by atoms with Gasteiger partial charge in [-0.3, -0.25) is 0 Å². The first-order valence-electron chi connectivity index (χ1n) is 6.58. The maximum Gasteiger partial charge on any atom is 0.249 e. The molecule has 2 aromatic rings. The van der Waals surface area contributed by atoms with E-state index in [0.29, 0.717) is 29.4 Å². The molecule has 9 heteroatoms. The van der Waals surface area contributed by atoms with Gasteiger partial charge >= 0.3 is 0 Å². The molecule has 0 aliphatic carbocycles. The summed E-state index contributed by atoms with van der Waals surface area (Å²) in [6.07, 6.45) is 0.710. The van der Waals surface area contributed by atoms with Gasteiger partial charge in [-0.05, 0) is 17.7 Å². The van der Waals surface area contributed by atoms with Crippen molar-refractivity contribution in [3.63, 3.8) is 0 Å². The SMILES string of the molecule is Cn1c(CO)nnc1S(=O)(=O)Cc1cc(Cl)cc2c1OCC2. The second-order valence-corrected chi connectivity index (χ2v) is 7.35. The normalized spacial score (nSPS) is 14.0. The van der Waals surface area contributed by atoms with Gasteiger partial charge in [0.2, 0.25) is 15.0 Å². The van der Waals surface area contributed by atoms with Crippen molar-refractivity contribution in [2.75, 3.05) is 6.61 Å². The predicted molar refractivity (Wildman–Crippen MR) is 78.5 cm³/mol. The zero-order chi connectivity index (χ0) is 15.9. The van der Waals surface area contributed by atoms with Crippen LogP contribution in [0.1, 0.15) is 17.0 Å². The van der Waals surface area contributed by atoms with Crippen LogP contribution in [0.4, 0.5) is 0 Å². The number of aliphatic hydroxyl groups excluding tert-OH is 1. The van der Waals surface area contributed by atoms with Crippen LogP contribution in [0.3, 0.4) is 0 Å². The highest BCUT2D eigenvalue weighted by Crippen LogP contribution is 2.34. The number of rotatable bonds is 4. The Hall–Kier alpha value is -1.64. The van der Waals surface area contributed by atoms with Crippen molar-refractivity contribution in [1.82, 2.24) is 14.8 Å². The molecular weight excluding hydrogens is 330 g/mol. The highest BCUT2D eigenvalue weighted by Gasteiger charge is 2.27. The summed E-state index contributed by atoms with van der Waals surface area (Å²) in [5.41, 5.74) is 1.42. The molecule has 1 aliphatic rings. The van der Waals surface area contributed by atoms with E-state index in [4.69, 9.17) is 21.4 Å². The summed E-state index contributed by atoms with van der Waals surface area (Å²) in [6.45, 7) is 0.135. The van der Waals surface area contributed by atoms with E-state index < -0.39 is 9.84 Å². The second-order valence-electron chi connectivity index (χ2n) is 5.03. The molecular formula is C13H14ClN3O4S. The van der Waals surface area contributed by atoms with Crippen LogP contribution in [-0.4, -0.2) is 34.9 Å². The average Bonchev–Trinajstić information content (AvgIpc) is 3.04. The van der Waals surface area contributed by atoms with Crippen molar-refractivity contribution in [3.05, 3.63) is 34.1 Å². The van der Waals surface area contributed by atoms with Crippen molar-refractivity contribution in [1.29, 1.82) is 0 Å². The molecule has 0 fully saturated rings. The van der Waals surface area contributed by atoms with E-state index in [2.05, 4.69) is 10.2 Å². The molecule has 0 atom stereocenters. The van der Waals surface area contributed by atoms with E-state index in [1.807, 2.05) is 0 Å². The van der Waals surface area contributed by atoms with Crippen molar-refractivity contribution in [2.45, 2.75) is 23.9 Å². The molecule has 1 aliphatic heterocycles. The van der Waals surface area contributed by atoms with Crippen molar-refractivity contribution < 1.29 is 18.3 Å². The first-order chi connectivity index (χ1) is 10.4. The third-order valence-corrected chi connectivity index (χ3v) is 5.34. The van der Waals surface area contributed by atoms with Gasteiger partial charge in [-0.1, -0.05) is 11.6 Å². The summed E-state index contributed by atoms with van der Waals surface area (Å²) in [5, 5.41) is 16.7. The van der Waals surface area contributed by atoms with E-state index in [1.54, 1.807) is 12.1 Å².